The van der Waals surface area contributed by atoms with Crippen LogP contribution in [0.25, 0.3) is 0 Å². The van der Waals surface area contributed by atoms with Gasteiger partial charge >= 0.3 is 6.18 Å². The number of likely N-dealkylation sites (tertiary alicyclic amines) is 1. The van der Waals surface area contributed by atoms with Crippen molar-refractivity contribution in [3.63, 3.8) is 0 Å². The van der Waals surface area contributed by atoms with Crippen LogP contribution in [0.15, 0.2) is 18.3 Å². The van der Waals surface area contributed by atoms with Crippen molar-refractivity contribution in [2.24, 2.45) is 5.73 Å². The van der Waals surface area contributed by atoms with Crippen LogP contribution in [0.2, 0.25) is 0 Å². The first-order valence-electron chi connectivity index (χ1n) is 5.95. The van der Waals surface area contributed by atoms with Crippen LogP contribution in [0.3, 0.4) is 0 Å². The lowest BCUT2D eigenvalue weighted by Crippen LogP contribution is -2.42. The zero-order valence-electron chi connectivity index (χ0n) is 10.5. The predicted molar refractivity (Wildman–Crippen MR) is 62.2 cm³/mol. The molecule has 1 atom stereocenters. The number of carbonyl (C=O) groups is 1. The number of hydrogen-bond donors (Lipinski definition) is 1. The molecular formula is C12H13F4N3O. The van der Waals surface area contributed by atoms with E-state index < -0.39 is 23.4 Å². The summed E-state index contributed by atoms with van der Waals surface area (Å²) < 4.78 is 52.3. The number of nitrogens with two attached hydrogens (primary N) is 1. The van der Waals surface area contributed by atoms with Crippen molar-refractivity contribution in [3.8, 4) is 0 Å². The second-order valence-electron chi connectivity index (χ2n) is 4.80. The quantitative estimate of drug-likeness (QED) is 0.859. The van der Waals surface area contributed by atoms with Crippen molar-refractivity contribution in [1.29, 1.82) is 0 Å². The van der Waals surface area contributed by atoms with Crippen LogP contribution in [-0.4, -0.2) is 34.5 Å². The molecule has 0 aliphatic carbocycles. The third-order valence-corrected chi connectivity index (χ3v) is 3.29. The summed E-state index contributed by atoms with van der Waals surface area (Å²) in [4.78, 5) is 15.7. The van der Waals surface area contributed by atoms with Gasteiger partial charge in [0.25, 0.3) is 5.91 Å². The molecule has 1 saturated heterocycles. The van der Waals surface area contributed by atoms with Gasteiger partial charge in [-0.15, -0.1) is 0 Å². The lowest BCUT2D eigenvalue weighted by Gasteiger charge is -2.19. The number of halogens is 4. The van der Waals surface area contributed by atoms with Gasteiger partial charge in [0, 0.05) is 32.3 Å². The molecule has 1 fully saturated rings. The van der Waals surface area contributed by atoms with Gasteiger partial charge in [0.1, 0.15) is 5.69 Å². The molecule has 4 nitrogen and oxygen atoms in total. The molecule has 1 aliphatic heterocycles. The molecule has 1 aromatic rings. The lowest BCUT2D eigenvalue weighted by atomic mass is 10.1. The predicted octanol–water partition coefficient (Wildman–Crippen LogP) is 1.50. The van der Waals surface area contributed by atoms with Gasteiger partial charge in [-0.05, 0) is 11.6 Å². The zero-order valence-corrected chi connectivity index (χ0v) is 10.5. The summed E-state index contributed by atoms with van der Waals surface area (Å²) in [5.74, 6) is -1.08. The van der Waals surface area contributed by atoms with Gasteiger partial charge in [-0.1, -0.05) is 6.07 Å². The van der Waals surface area contributed by atoms with E-state index >= 15 is 0 Å². The summed E-state index contributed by atoms with van der Waals surface area (Å²) in [6.07, 6.45) is -3.62. The minimum atomic E-state index is -4.56. The first-order valence-corrected chi connectivity index (χ1v) is 5.95. The highest BCUT2D eigenvalue weighted by Crippen LogP contribution is 2.32. The molecule has 8 heteroatoms. The highest BCUT2D eigenvalue weighted by Gasteiger charge is 2.44. The van der Waals surface area contributed by atoms with E-state index in [0.29, 0.717) is 0 Å². The van der Waals surface area contributed by atoms with Crippen LogP contribution < -0.4 is 5.73 Å². The fraction of sp³-hybridized carbons (Fsp3) is 0.500. The average Bonchev–Trinajstić information content (AvgIpc) is 2.72. The van der Waals surface area contributed by atoms with E-state index in [1.807, 2.05) is 0 Å². The molecule has 1 aliphatic rings. The zero-order chi connectivity index (χ0) is 15.0. The monoisotopic (exact) mass is 291 g/mol. The number of aromatic nitrogens is 1. The summed E-state index contributed by atoms with van der Waals surface area (Å²) in [5, 5.41) is 0. The van der Waals surface area contributed by atoms with Crippen LogP contribution in [0.1, 0.15) is 17.7 Å². The number of rotatable bonds is 3. The lowest BCUT2D eigenvalue weighted by molar-refractivity contribution is -0.142. The van der Waals surface area contributed by atoms with E-state index in [4.69, 9.17) is 5.73 Å². The molecule has 20 heavy (non-hydrogen) atoms. The number of amides is 1. The summed E-state index contributed by atoms with van der Waals surface area (Å²) >= 11 is 0. The number of pyridine rings is 1. The Bertz CT molecular complexity index is 520. The smallest absolute Gasteiger partial charge is 0.367 e. The van der Waals surface area contributed by atoms with Gasteiger partial charge in [0.15, 0.2) is 0 Å². The maximum absolute atomic E-state index is 14.0. The van der Waals surface area contributed by atoms with E-state index in [9.17, 15) is 22.4 Å². The molecule has 2 heterocycles. The van der Waals surface area contributed by atoms with Crippen LogP contribution in [0.5, 0.6) is 0 Å². The Hall–Kier alpha value is -1.70. The van der Waals surface area contributed by atoms with E-state index in [1.165, 1.54) is 17.0 Å². The molecule has 2 N–H and O–H groups in total. The van der Waals surface area contributed by atoms with Crippen molar-refractivity contribution in [2.45, 2.75) is 24.8 Å². The number of nitrogens with zero attached hydrogens (tertiary/aromatic N) is 2. The van der Waals surface area contributed by atoms with Gasteiger partial charge in [-0.2, -0.15) is 13.2 Å². The number of carbonyl (C=O) groups excluding carboxylic acids is 1. The molecule has 0 bridgehead atoms. The standard InChI is InChI=1S/C12H13F4N3O/c13-11(10(17)20)3-5-19(7-11)6-8-2-1-4-18-9(8)12(14,15)16/h1-2,4H,3,5-7H2,(H2,17,20). The average molecular weight is 291 g/mol. The second kappa shape index (κ2) is 5.01. The maximum atomic E-state index is 14.0. The van der Waals surface area contributed by atoms with Crippen molar-refractivity contribution in [1.82, 2.24) is 9.88 Å². The minimum Gasteiger partial charge on any atom is -0.367 e. The highest BCUT2D eigenvalue weighted by molar-refractivity contribution is 5.84. The minimum absolute atomic E-state index is 0.0475. The first-order chi connectivity index (χ1) is 9.22. The Balaban J connectivity index is 2.15. The largest absolute Gasteiger partial charge is 0.433 e. The molecule has 1 unspecified atom stereocenters. The maximum Gasteiger partial charge on any atom is 0.433 e. The van der Waals surface area contributed by atoms with E-state index in [2.05, 4.69) is 4.98 Å². The normalized spacial score (nSPS) is 24.0. The third-order valence-electron chi connectivity index (χ3n) is 3.29. The van der Waals surface area contributed by atoms with Gasteiger partial charge in [0.05, 0.1) is 0 Å². The van der Waals surface area contributed by atoms with Gasteiger partial charge in [0.2, 0.25) is 5.67 Å². The fourth-order valence-corrected chi connectivity index (χ4v) is 2.25. The summed E-state index contributed by atoms with van der Waals surface area (Å²) in [6.45, 7) is -0.248. The van der Waals surface area contributed by atoms with Gasteiger partial charge in [-0.3, -0.25) is 14.7 Å². The number of primary amides is 1. The van der Waals surface area contributed by atoms with Gasteiger partial charge < -0.3 is 5.73 Å². The fourth-order valence-electron chi connectivity index (χ4n) is 2.25. The molecule has 0 spiro atoms. The van der Waals surface area contributed by atoms with E-state index in [-0.39, 0.29) is 31.6 Å². The molecule has 110 valence electrons. The number of alkyl halides is 4. The molecule has 0 aromatic carbocycles. The Morgan fingerprint density at radius 1 is 1.50 bits per heavy atom. The molecule has 0 radical (unpaired) electrons. The number of hydrogen-bond acceptors (Lipinski definition) is 3. The molecule has 2 rings (SSSR count). The van der Waals surface area contributed by atoms with Gasteiger partial charge in [-0.25, -0.2) is 4.39 Å². The first kappa shape index (κ1) is 14.7. The Morgan fingerprint density at radius 3 is 2.75 bits per heavy atom. The third kappa shape index (κ3) is 2.90. The van der Waals surface area contributed by atoms with Crippen molar-refractivity contribution in [3.05, 3.63) is 29.6 Å². The Morgan fingerprint density at radius 2 is 2.20 bits per heavy atom. The Kier molecular flexibility index (Phi) is 3.68. The Labute approximate surface area is 112 Å². The topological polar surface area (TPSA) is 59.2 Å². The summed E-state index contributed by atoms with van der Waals surface area (Å²) in [5.41, 5.74) is 1.75. The van der Waals surface area contributed by atoms with E-state index in [1.54, 1.807) is 0 Å². The molecule has 0 saturated carbocycles. The van der Waals surface area contributed by atoms with Crippen LogP contribution in [-0.2, 0) is 17.5 Å². The molecule has 1 amide bonds. The van der Waals surface area contributed by atoms with Crippen LogP contribution >= 0.6 is 0 Å². The highest BCUT2D eigenvalue weighted by atomic mass is 19.4. The van der Waals surface area contributed by atoms with Crippen molar-refractivity contribution < 1.29 is 22.4 Å². The van der Waals surface area contributed by atoms with Crippen molar-refractivity contribution in [2.75, 3.05) is 13.1 Å². The summed E-state index contributed by atoms with van der Waals surface area (Å²) in [6, 6.07) is 2.68. The molecule has 1 aromatic heterocycles. The summed E-state index contributed by atoms with van der Waals surface area (Å²) in [7, 11) is 0. The molecular weight excluding hydrogens is 278 g/mol. The SMILES string of the molecule is NC(=O)C1(F)CCN(Cc2cccnc2C(F)(F)F)C1. The van der Waals surface area contributed by atoms with Crippen molar-refractivity contribution >= 4 is 5.91 Å². The van der Waals surface area contributed by atoms with E-state index in [0.717, 1.165) is 6.20 Å². The second-order valence-corrected chi connectivity index (χ2v) is 4.80. The van der Waals surface area contributed by atoms with Crippen LogP contribution in [0.4, 0.5) is 17.6 Å². The van der Waals surface area contributed by atoms with Crippen LogP contribution in [0, 0.1) is 0 Å².